The van der Waals surface area contributed by atoms with Crippen molar-refractivity contribution in [3.63, 3.8) is 0 Å². The molecule has 2 aliphatic carbocycles. The molecule has 0 amide bonds. The average molecular weight is 287 g/mol. The highest BCUT2D eigenvalue weighted by atomic mass is 28.2. The SMILES string of the molecule is CCCCCC1([SiH2]C2C(C)=CC(C)=C2C)C=CC=CC1. The lowest BCUT2D eigenvalue weighted by molar-refractivity contribution is 0.551. The van der Waals surface area contributed by atoms with Gasteiger partial charge >= 0.3 is 0 Å². The van der Waals surface area contributed by atoms with Gasteiger partial charge in [-0.1, -0.05) is 73.3 Å². The molecule has 0 aliphatic heterocycles. The van der Waals surface area contributed by atoms with Crippen LogP contribution in [0.1, 0.15) is 59.8 Å². The van der Waals surface area contributed by atoms with Gasteiger partial charge < -0.3 is 0 Å². The minimum Gasteiger partial charge on any atom is -0.0840 e. The Morgan fingerprint density at radius 3 is 2.55 bits per heavy atom. The van der Waals surface area contributed by atoms with Crippen LogP contribution in [-0.2, 0) is 0 Å². The number of allylic oxidation sites excluding steroid dienone is 8. The van der Waals surface area contributed by atoms with E-state index < -0.39 is 0 Å². The van der Waals surface area contributed by atoms with Crippen LogP contribution in [0.4, 0.5) is 0 Å². The third kappa shape index (κ3) is 3.43. The number of hydrogen-bond donors (Lipinski definition) is 0. The van der Waals surface area contributed by atoms with Gasteiger partial charge in [0.1, 0.15) is 0 Å². The minimum atomic E-state index is -0.184. The molecule has 0 fully saturated rings. The Balaban J connectivity index is 2.11. The highest BCUT2D eigenvalue weighted by Gasteiger charge is 2.33. The zero-order valence-electron chi connectivity index (χ0n) is 13.7. The Morgan fingerprint density at radius 1 is 1.20 bits per heavy atom. The van der Waals surface area contributed by atoms with Crippen LogP contribution in [0, 0.1) is 0 Å². The summed E-state index contributed by atoms with van der Waals surface area (Å²) in [6, 6.07) is 0. The van der Waals surface area contributed by atoms with Gasteiger partial charge in [0, 0.05) is 9.52 Å². The van der Waals surface area contributed by atoms with Gasteiger partial charge in [-0.25, -0.2) is 0 Å². The smallest absolute Gasteiger partial charge is 0.0454 e. The maximum atomic E-state index is 2.56. The highest BCUT2D eigenvalue weighted by molar-refractivity contribution is 6.45. The Morgan fingerprint density at radius 2 is 2.00 bits per heavy atom. The quantitative estimate of drug-likeness (QED) is 0.447. The van der Waals surface area contributed by atoms with Crippen molar-refractivity contribution in [3.05, 3.63) is 47.1 Å². The van der Waals surface area contributed by atoms with Crippen LogP contribution in [0.2, 0.25) is 10.6 Å². The second kappa shape index (κ2) is 6.75. The van der Waals surface area contributed by atoms with Gasteiger partial charge in [0.05, 0.1) is 0 Å². The average Bonchev–Trinajstić information content (AvgIpc) is 2.67. The summed E-state index contributed by atoms with van der Waals surface area (Å²) in [6.45, 7) is 9.30. The lowest BCUT2D eigenvalue weighted by Crippen LogP contribution is -2.24. The largest absolute Gasteiger partial charge is 0.0840 e. The fourth-order valence-corrected chi connectivity index (χ4v) is 6.71. The third-order valence-electron chi connectivity index (χ3n) is 5.25. The lowest BCUT2D eigenvalue weighted by atomic mass is 9.93. The van der Waals surface area contributed by atoms with E-state index in [-0.39, 0.29) is 9.52 Å². The summed E-state index contributed by atoms with van der Waals surface area (Å²) in [5.74, 6) is 0. The van der Waals surface area contributed by atoms with Crippen LogP contribution < -0.4 is 0 Å². The molecular formula is C19H30Si. The first-order valence-corrected chi connectivity index (χ1v) is 9.80. The first-order chi connectivity index (χ1) is 9.58. The standard InChI is InChI=1S/C19H30Si/c1-5-6-8-11-19(12-9-7-10-13-19)20-18-16(3)14-15(2)17(18)4/h7,9-10,12,14,18H,5-6,8,11,13,20H2,1-4H3. The first kappa shape index (κ1) is 15.6. The molecule has 2 atom stereocenters. The molecule has 0 radical (unpaired) electrons. The molecule has 0 heterocycles. The van der Waals surface area contributed by atoms with Crippen molar-refractivity contribution >= 4 is 9.52 Å². The molecule has 0 aromatic rings. The minimum absolute atomic E-state index is 0.184. The lowest BCUT2D eigenvalue weighted by Gasteiger charge is -2.35. The molecule has 0 aromatic heterocycles. The first-order valence-electron chi connectivity index (χ1n) is 8.28. The second-order valence-corrected chi connectivity index (χ2v) is 9.45. The van der Waals surface area contributed by atoms with Crippen molar-refractivity contribution in [2.45, 2.75) is 70.4 Å². The molecule has 2 aliphatic rings. The van der Waals surface area contributed by atoms with Crippen LogP contribution >= 0.6 is 0 Å². The molecule has 110 valence electrons. The molecule has 2 unspecified atom stereocenters. The molecule has 0 N–H and O–H groups in total. The van der Waals surface area contributed by atoms with Gasteiger partial charge in [0.25, 0.3) is 0 Å². The Labute approximate surface area is 127 Å². The van der Waals surface area contributed by atoms with Crippen LogP contribution in [0.5, 0.6) is 0 Å². The van der Waals surface area contributed by atoms with Crippen molar-refractivity contribution < 1.29 is 0 Å². The maximum Gasteiger partial charge on any atom is 0.0454 e. The van der Waals surface area contributed by atoms with E-state index in [9.17, 15) is 0 Å². The zero-order valence-corrected chi connectivity index (χ0v) is 15.1. The van der Waals surface area contributed by atoms with Crippen LogP contribution in [0.25, 0.3) is 0 Å². The van der Waals surface area contributed by atoms with E-state index in [1.807, 2.05) is 0 Å². The maximum absolute atomic E-state index is 2.56. The number of unbranched alkanes of at least 4 members (excludes halogenated alkanes) is 2. The predicted octanol–water partition coefficient (Wildman–Crippen LogP) is 5.50. The monoisotopic (exact) mass is 286 g/mol. The summed E-state index contributed by atoms with van der Waals surface area (Å²) in [5.41, 5.74) is 5.63. The van der Waals surface area contributed by atoms with Gasteiger partial charge in [-0.2, -0.15) is 0 Å². The summed E-state index contributed by atoms with van der Waals surface area (Å²) >= 11 is 0. The van der Waals surface area contributed by atoms with E-state index in [1.165, 1.54) is 37.7 Å². The van der Waals surface area contributed by atoms with E-state index in [0.717, 1.165) is 5.54 Å². The van der Waals surface area contributed by atoms with Gasteiger partial charge in [0.15, 0.2) is 0 Å². The normalized spacial score (nSPS) is 29.8. The molecule has 0 spiro atoms. The molecule has 0 bridgehead atoms. The van der Waals surface area contributed by atoms with E-state index in [1.54, 1.807) is 11.1 Å². The summed E-state index contributed by atoms with van der Waals surface area (Å²) < 4.78 is 0. The summed E-state index contributed by atoms with van der Waals surface area (Å²) in [4.78, 5) is 0. The third-order valence-corrected chi connectivity index (χ3v) is 8.60. The topological polar surface area (TPSA) is 0 Å². The Hall–Kier alpha value is -0.823. The van der Waals surface area contributed by atoms with Crippen molar-refractivity contribution in [1.82, 2.24) is 0 Å². The number of hydrogen-bond acceptors (Lipinski definition) is 0. The summed E-state index contributed by atoms with van der Waals surface area (Å²) in [5, 5.41) is 0.537. The molecule has 1 heteroatoms. The van der Waals surface area contributed by atoms with Crippen LogP contribution in [0.3, 0.4) is 0 Å². The summed E-state index contributed by atoms with van der Waals surface area (Å²) in [7, 11) is -0.184. The van der Waals surface area contributed by atoms with Gasteiger partial charge in [-0.15, -0.1) is 0 Å². The van der Waals surface area contributed by atoms with Gasteiger partial charge in [0.2, 0.25) is 0 Å². The highest BCUT2D eigenvalue weighted by Crippen LogP contribution is 2.47. The molecule has 0 nitrogen and oxygen atoms in total. The molecule has 0 saturated heterocycles. The fourth-order valence-electron chi connectivity index (χ4n) is 3.77. The Kier molecular flexibility index (Phi) is 5.26. The van der Waals surface area contributed by atoms with E-state index >= 15 is 0 Å². The van der Waals surface area contributed by atoms with Crippen molar-refractivity contribution in [3.8, 4) is 0 Å². The van der Waals surface area contributed by atoms with E-state index in [2.05, 4.69) is 58.1 Å². The van der Waals surface area contributed by atoms with Gasteiger partial charge in [-0.3, -0.25) is 0 Å². The molecule has 0 saturated carbocycles. The molecule has 2 rings (SSSR count). The van der Waals surface area contributed by atoms with Crippen molar-refractivity contribution in [1.29, 1.82) is 0 Å². The predicted molar refractivity (Wildman–Crippen MR) is 94.2 cm³/mol. The Bertz CT molecular complexity index is 464. The van der Waals surface area contributed by atoms with E-state index in [4.69, 9.17) is 0 Å². The molecule has 20 heavy (non-hydrogen) atoms. The summed E-state index contributed by atoms with van der Waals surface area (Å²) in [6.07, 6.45) is 18.7. The van der Waals surface area contributed by atoms with Gasteiger partial charge in [-0.05, 0) is 44.2 Å². The van der Waals surface area contributed by atoms with Crippen molar-refractivity contribution in [2.75, 3.05) is 0 Å². The second-order valence-electron chi connectivity index (χ2n) is 6.82. The zero-order chi connectivity index (χ0) is 14.6. The van der Waals surface area contributed by atoms with Crippen LogP contribution in [0.15, 0.2) is 47.1 Å². The molecule has 0 aromatic carbocycles. The fraction of sp³-hybridized carbons (Fsp3) is 0.579. The number of rotatable bonds is 6. The molecular weight excluding hydrogens is 256 g/mol. The van der Waals surface area contributed by atoms with E-state index in [0.29, 0.717) is 5.04 Å². The van der Waals surface area contributed by atoms with Crippen molar-refractivity contribution in [2.24, 2.45) is 0 Å². The van der Waals surface area contributed by atoms with Crippen LogP contribution in [-0.4, -0.2) is 9.52 Å².